The topological polar surface area (TPSA) is 75.3 Å². The molecule has 0 spiro atoms. The number of aliphatic hydroxyl groups is 1. The molecule has 0 saturated carbocycles. The van der Waals surface area contributed by atoms with E-state index in [4.69, 9.17) is 5.73 Å². The van der Waals surface area contributed by atoms with Gasteiger partial charge in [-0.05, 0) is 29.3 Å². The van der Waals surface area contributed by atoms with Crippen LogP contribution in [0.3, 0.4) is 0 Å². The summed E-state index contributed by atoms with van der Waals surface area (Å²) in [5, 5.41) is 9.82. The van der Waals surface area contributed by atoms with Gasteiger partial charge in [-0.1, -0.05) is 0 Å². The van der Waals surface area contributed by atoms with Crippen molar-refractivity contribution in [3.63, 3.8) is 0 Å². The van der Waals surface area contributed by atoms with Crippen LogP contribution in [-0.2, 0) is 0 Å². The molecule has 1 aromatic rings. The standard InChI is InChI=1S/C9H13BrN4O/c1-9(15)2-3-14(5-9)8-12-6(10)4-7(11)13-8/h4,15H,2-3,5H2,1H3,(H2,11,12,13). The second-order valence-corrected chi connectivity index (χ2v) is 4.90. The van der Waals surface area contributed by atoms with Gasteiger partial charge in [0.2, 0.25) is 5.95 Å². The fraction of sp³-hybridized carbons (Fsp3) is 0.556. The second kappa shape index (κ2) is 3.61. The Bertz CT molecular complexity index is 362. The van der Waals surface area contributed by atoms with Gasteiger partial charge in [-0.15, -0.1) is 0 Å². The summed E-state index contributed by atoms with van der Waals surface area (Å²) in [4.78, 5) is 10.3. The van der Waals surface area contributed by atoms with Crippen LogP contribution in [0.25, 0.3) is 0 Å². The molecule has 0 radical (unpaired) electrons. The van der Waals surface area contributed by atoms with Gasteiger partial charge in [0.15, 0.2) is 0 Å². The largest absolute Gasteiger partial charge is 0.388 e. The van der Waals surface area contributed by atoms with Crippen LogP contribution in [0.5, 0.6) is 0 Å². The molecule has 1 atom stereocenters. The van der Waals surface area contributed by atoms with E-state index < -0.39 is 5.60 Å². The van der Waals surface area contributed by atoms with E-state index in [-0.39, 0.29) is 0 Å². The van der Waals surface area contributed by atoms with Gasteiger partial charge in [0.05, 0.1) is 5.60 Å². The van der Waals surface area contributed by atoms with Crippen molar-refractivity contribution < 1.29 is 5.11 Å². The quantitative estimate of drug-likeness (QED) is 0.740. The van der Waals surface area contributed by atoms with Crippen LogP contribution >= 0.6 is 15.9 Å². The highest BCUT2D eigenvalue weighted by Crippen LogP contribution is 2.25. The molecule has 2 rings (SSSR count). The molecule has 0 aliphatic carbocycles. The van der Waals surface area contributed by atoms with Gasteiger partial charge in [-0.25, -0.2) is 4.98 Å². The SMILES string of the molecule is CC1(O)CCN(c2nc(N)cc(Br)n2)C1. The van der Waals surface area contributed by atoms with E-state index in [9.17, 15) is 5.11 Å². The average Bonchev–Trinajstić information content (AvgIpc) is 2.44. The number of aromatic nitrogens is 2. The van der Waals surface area contributed by atoms with E-state index in [1.807, 2.05) is 11.8 Å². The van der Waals surface area contributed by atoms with Crippen LogP contribution in [0.1, 0.15) is 13.3 Å². The van der Waals surface area contributed by atoms with Crippen LogP contribution in [0.2, 0.25) is 0 Å². The third kappa shape index (κ3) is 2.38. The Morgan fingerprint density at radius 1 is 1.60 bits per heavy atom. The first-order valence-electron chi connectivity index (χ1n) is 4.74. The smallest absolute Gasteiger partial charge is 0.228 e. The van der Waals surface area contributed by atoms with E-state index in [0.717, 1.165) is 13.0 Å². The molecule has 1 aliphatic heterocycles. The third-order valence-electron chi connectivity index (χ3n) is 2.44. The fourth-order valence-corrected chi connectivity index (χ4v) is 2.07. The molecule has 0 aromatic carbocycles. The molecule has 3 N–H and O–H groups in total. The minimum atomic E-state index is -0.652. The van der Waals surface area contributed by atoms with Gasteiger partial charge in [-0.3, -0.25) is 0 Å². The van der Waals surface area contributed by atoms with Crippen LogP contribution in [-0.4, -0.2) is 33.8 Å². The molecule has 1 aliphatic rings. The van der Waals surface area contributed by atoms with Crippen molar-refractivity contribution in [1.82, 2.24) is 9.97 Å². The number of hydrogen-bond donors (Lipinski definition) is 2. The number of nitrogens with two attached hydrogens (primary N) is 1. The number of nitrogens with zero attached hydrogens (tertiary/aromatic N) is 3. The fourth-order valence-electron chi connectivity index (χ4n) is 1.68. The monoisotopic (exact) mass is 272 g/mol. The molecular formula is C9H13BrN4O. The van der Waals surface area contributed by atoms with E-state index >= 15 is 0 Å². The lowest BCUT2D eigenvalue weighted by Gasteiger charge is -2.19. The van der Waals surface area contributed by atoms with Crippen LogP contribution in [0.15, 0.2) is 10.7 Å². The lowest BCUT2D eigenvalue weighted by atomic mass is 10.1. The maximum atomic E-state index is 9.82. The van der Waals surface area contributed by atoms with E-state index in [2.05, 4.69) is 25.9 Å². The van der Waals surface area contributed by atoms with Gasteiger partial charge in [0.1, 0.15) is 10.4 Å². The van der Waals surface area contributed by atoms with Gasteiger partial charge >= 0.3 is 0 Å². The summed E-state index contributed by atoms with van der Waals surface area (Å²) in [5.41, 5.74) is 4.97. The van der Waals surface area contributed by atoms with Crippen LogP contribution in [0.4, 0.5) is 11.8 Å². The molecule has 0 amide bonds. The summed E-state index contributed by atoms with van der Waals surface area (Å²) in [5.74, 6) is 0.998. The zero-order valence-corrected chi connectivity index (χ0v) is 10.0. The van der Waals surface area contributed by atoms with E-state index in [0.29, 0.717) is 22.9 Å². The number of rotatable bonds is 1. The maximum absolute atomic E-state index is 9.82. The summed E-state index contributed by atoms with van der Waals surface area (Å²) in [7, 11) is 0. The molecule has 82 valence electrons. The zero-order valence-electron chi connectivity index (χ0n) is 8.44. The average molecular weight is 273 g/mol. The molecule has 1 unspecified atom stereocenters. The van der Waals surface area contributed by atoms with Crippen molar-refractivity contribution in [2.45, 2.75) is 18.9 Å². The molecule has 6 heteroatoms. The van der Waals surface area contributed by atoms with Gasteiger partial charge in [0, 0.05) is 19.2 Å². The van der Waals surface area contributed by atoms with E-state index in [1.54, 1.807) is 6.07 Å². The summed E-state index contributed by atoms with van der Waals surface area (Å²) >= 11 is 3.27. The number of nitrogen functional groups attached to an aromatic ring is 1. The summed E-state index contributed by atoms with van der Waals surface area (Å²) < 4.78 is 0.663. The third-order valence-corrected chi connectivity index (χ3v) is 2.84. The predicted molar refractivity (Wildman–Crippen MR) is 61.6 cm³/mol. The van der Waals surface area contributed by atoms with Crippen molar-refractivity contribution >= 4 is 27.7 Å². The van der Waals surface area contributed by atoms with Gasteiger partial charge in [0.25, 0.3) is 0 Å². The lowest BCUT2D eigenvalue weighted by Crippen LogP contribution is -2.30. The number of anilines is 2. The number of halogens is 1. The molecule has 1 saturated heterocycles. The Morgan fingerprint density at radius 3 is 2.87 bits per heavy atom. The molecule has 5 nitrogen and oxygen atoms in total. The molecule has 1 aromatic heterocycles. The lowest BCUT2D eigenvalue weighted by molar-refractivity contribution is 0.0838. The maximum Gasteiger partial charge on any atom is 0.228 e. The van der Waals surface area contributed by atoms with Gasteiger partial charge in [-0.2, -0.15) is 4.98 Å². The summed E-state index contributed by atoms with van der Waals surface area (Å²) in [6.07, 6.45) is 0.725. The number of hydrogen-bond acceptors (Lipinski definition) is 5. The Kier molecular flexibility index (Phi) is 2.56. The van der Waals surface area contributed by atoms with Crippen molar-refractivity contribution in [3.8, 4) is 0 Å². The first kappa shape index (κ1) is 10.6. The van der Waals surface area contributed by atoms with Crippen molar-refractivity contribution in [2.24, 2.45) is 0 Å². The first-order chi connectivity index (χ1) is 6.96. The highest BCUT2D eigenvalue weighted by molar-refractivity contribution is 9.10. The minimum absolute atomic E-state index is 0.429. The highest BCUT2D eigenvalue weighted by atomic mass is 79.9. The minimum Gasteiger partial charge on any atom is -0.388 e. The predicted octanol–water partition coefficient (Wildman–Crippen LogP) is 0.782. The summed E-state index contributed by atoms with van der Waals surface area (Å²) in [6, 6.07) is 1.65. The molecular weight excluding hydrogens is 260 g/mol. The Morgan fingerprint density at radius 2 is 2.33 bits per heavy atom. The van der Waals surface area contributed by atoms with Crippen molar-refractivity contribution in [1.29, 1.82) is 0 Å². The highest BCUT2D eigenvalue weighted by Gasteiger charge is 2.32. The van der Waals surface area contributed by atoms with Crippen LogP contribution < -0.4 is 10.6 Å². The zero-order chi connectivity index (χ0) is 11.1. The second-order valence-electron chi connectivity index (χ2n) is 4.08. The Labute approximate surface area is 96.5 Å². The molecule has 15 heavy (non-hydrogen) atoms. The molecule has 2 heterocycles. The van der Waals surface area contributed by atoms with Crippen LogP contribution in [0, 0.1) is 0 Å². The first-order valence-corrected chi connectivity index (χ1v) is 5.53. The molecule has 1 fully saturated rings. The van der Waals surface area contributed by atoms with Gasteiger partial charge < -0.3 is 15.7 Å². The molecule has 0 bridgehead atoms. The Balaban J connectivity index is 2.24. The van der Waals surface area contributed by atoms with Crippen molar-refractivity contribution in [3.05, 3.63) is 10.7 Å². The summed E-state index contributed by atoms with van der Waals surface area (Å²) in [6.45, 7) is 3.11. The number of β-amino-alcohol motifs (C(OH)–C–C–N with tert-alkyl or cyclic N) is 1. The van der Waals surface area contributed by atoms with Crippen molar-refractivity contribution in [2.75, 3.05) is 23.7 Å². The normalized spacial score (nSPS) is 25.9. The Hall–Kier alpha value is -0.880. The van der Waals surface area contributed by atoms with E-state index in [1.165, 1.54) is 0 Å².